The third-order valence-corrected chi connectivity index (χ3v) is 2.60. The number of nitrogens with zero attached hydrogens (tertiary/aromatic N) is 1. The highest BCUT2D eigenvalue weighted by molar-refractivity contribution is 4.86. The Bertz CT molecular complexity index is 207. The number of nitrogens with one attached hydrogen (secondary N) is 1. The van der Waals surface area contributed by atoms with Crippen LogP contribution in [0.2, 0.25) is 0 Å². The van der Waals surface area contributed by atoms with E-state index in [0.29, 0.717) is 39.0 Å². The Hall–Kier alpha value is -0.630. The summed E-state index contributed by atoms with van der Waals surface area (Å²) in [5, 5.41) is 21.7. The van der Waals surface area contributed by atoms with Crippen LogP contribution >= 0.6 is 0 Å². The van der Waals surface area contributed by atoms with Crippen LogP contribution in [-0.4, -0.2) is 36.5 Å². The van der Waals surface area contributed by atoms with Gasteiger partial charge in [0.25, 0.3) is 0 Å². The molecule has 1 rings (SSSR count). The van der Waals surface area contributed by atoms with Gasteiger partial charge in [0.15, 0.2) is 0 Å². The lowest BCUT2D eigenvalue weighted by atomic mass is 9.94. The van der Waals surface area contributed by atoms with E-state index >= 15 is 0 Å². The molecule has 1 fully saturated rings. The molecule has 0 bridgehead atoms. The van der Waals surface area contributed by atoms with Crippen molar-refractivity contribution < 1.29 is 9.84 Å². The second-order valence-corrected chi connectivity index (χ2v) is 3.98. The van der Waals surface area contributed by atoms with E-state index in [9.17, 15) is 5.11 Å². The minimum Gasteiger partial charge on any atom is -0.388 e. The van der Waals surface area contributed by atoms with Gasteiger partial charge >= 0.3 is 0 Å². The van der Waals surface area contributed by atoms with Gasteiger partial charge in [-0.2, -0.15) is 5.26 Å². The summed E-state index contributed by atoms with van der Waals surface area (Å²) < 4.78 is 5.18. The predicted molar refractivity (Wildman–Crippen MR) is 52.7 cm³/mol. The zero-order valence-corrected chi connectivity index (χ0v) is 8.62. The fraction of sp³-hybridized carbons (Fsp3) is 0.900. The topological polar surface area (TPSA) is 65.3 Å². The van der Waals surface area contributed by atoms with Gasteiger partial charge in [-0.25, -0.2) is 0 Å². The molecule has 4 nitrogen and oxygen atoms in total. The van der Waals surface area contributed by atoms with E-state index in [2.05, 4.69) is 11.4 Å². The van der Waals surface area contributed by atoms with E-state index in [1.807, 2.05) is 6.92 Å². The Balaban J connectivity index is 2.25. The molecular formula is C10H18N2O2. The largest absolute Gasteiger partial charge is 0.388 e. The van der Waals surface area contributed by atoms with Crippen LogP contribution in [0.4, 0.5) is 0 Å². The standard InChI is InChI=1S/C10H18N2O2/c1-9(2-5-11)12-8-10(13)3-6-14-7-4-10/h9,12-13H,2-4,6-8H2,1H3. The maximum atomic E-state index is 10.1. The Labute approximate surface area is 84.9 Å². The maximum Gasteiger partial charge on any atom is 0.0815 e. The number of ether oxygens (including phenoxy) is 1. The van der Waals surface area contributed by atoms with Crippen LogP contribution in [0.5, 0.6) is 0 Å². The minimum atomic E-state index is -0.637. The lowest BCUT2D eigenvalue weighted by Crippen LogP contribution is -2.47. The van der Waals surface area contributed by atoms with Crippen LogP contribution in [0, 0.1) is 11.3 Å². The molecule has 0 aromatic heterocycles. The van der Waals surface area contributed by atoms with Crippen LogP contribution in [-0.2, 0) is 4.74 Å². The average Bonchev–Trinajstić information content (AvgIpc) is 2.17. The predicted octanol–water partition coefficient (Wildman–Crippen LogP) is 0.420. The molecule has 1 heterocycles. The fourth-order valence-electron chi connectivity index (χ4n) is 1.50. The zero-order chi connectivity index (χ0) is 10.4. The molecule has 0 saturated carbocycles. The van der Waals surface area contributed by atoms with Crippen molar-refractivity contribution in [1.82, 2.24) is 5.32 Å². The lowest BCUT2D eigenvalue weighted by molar-refractivity contribution is -0.0625. The SMILES string of the molecule is CC(CC#N)NCC1(O)CCOCC1. The van der Waals surface area contributed by atoms with Gasteiger partial charge in [-0.15, -0.1) is 0 Å². The normalized spacial score (nSPS) is 22.6. The number of hydrogen-bond acceptors (Lipinski definition) is 4. The molecule has 1 aliphatic heterocycles. The van der Waals surface area contributed by atoms with Gasteiger partial charge in [0.05, 0.1) is 18.1 Å². The molecule has 4 heteroatoms. The van der Waals surface area contributed by atoms with E-state index in [0.717, 1.165) is 0 Å². The van der Waals surface area contributed by atoms with Crippen molar-refractivity contribution in [2.75, 3.05) is 19.8 Å². The Morgan fingerprint density at radius 3 is 2.79 bits per heavy atom. The van der Waals surface area contributed by atoms with Gasteiger partial charge in [0.2, 0.25) is 0 Å². The van der Waals surface area contributed by atoms with Crippen LogP contribution < -0.4 is 5.32 Å². The number of hydrogen-bond donors (Lipinski definition) is 2. The summed E-state index contributed by atoms with van der Waals surface area (Å²) in [5.41, 5.74) is -0.637. The number of rotatable bonds is 4. The van der Waals surface area contributed by atoms with Crippen molar-refractivity contribution >= 4 is 0 Å². The van der Waals surface area contributed by atoms with Crippen LogP contribution in [0.25, 0.3) is 0 Å². The van der Waals surface area contributed by atoms with Crippen LogP contribution in [0.3, 0.4) is 0 Å². The molecular weight excluding hydrogens is 180 g/mol. The summed E-state index contributed by atoms with van der Waals surface area (Å²) in [6.45, 7) is 3.76. The second-order valence-electron chi connectivity index (χ2n) is 3.98. The Morgan fingerprint density at radius 1 is 1.57 bits per heavy atom. The molecule has 0 aliphatic carbocycles. The second kappa shape index (κ2) is 5.30. The van der Waals surface area contributed by atoms with Crippen molar-refractivity contribution in [3.8, 4) is 6.07 Å². The van der Waals surface area contributed by atoms with Crippen molar-refractivity contribution in [3.05, 3.63) is 0 Å². The first-order valence-electron chi connectivity index (χ1n) is 5.07. The summed E-state index contributed by atoms with van der Waals surface area (Å²) in [5.74, 6) is 0. The summed E-state index contributed by atoms with van der Waals surface area (Å²) in [4.78, 5) is 0. The first-order chi connectivity index (χ1) is 6.66. The molecule has 0 amide bonds. The number of aliphatic hydroxyl groups is 1. The quantitative estimate of drug-likeness (QED) is 0.687. The molecule has 14 heavy (non-hydrogen) atoms. The van der Waals surface area contributed by atoms with Crippen LogP contribution in [0.15, 0.2) is 0 Å². The molecule has 0 aromatic carbocycles. The molecule has 80 valence electrons. The molecule has 1 unspecified atom stereocenters. The minimum absolute atomic E-state index is 0.145. The van der Waals surface area contributed by atoms with E-state index in [1.165, 1.54) is 0 Å². The van der Waals surface area contributed by atoms with Gasteiger partial charge in [-0.1, -0.05) is 0 Å². The third-order valence-electron chi connectivity index (χ3n) is 2.60. The Morgan fingerprint density at radius 2 is 2.21 bits per heavy atom. The van der Waals surface area contributed by atoms with Crippen molar-refractivity contribution in [2.45, 2.75) is 37.8 Å². The molecule has 0 radical (unpaired) electrons. The fourth-order valence-corrected chi connectivity index (χ4v) is 1.50. The van der Waals surface area contributed by atoms with Gasteiger partial charge < -0.3 is 15.2 Å². The van der Waals surface area contributed by atoms with E-state index < -0.39 is 5.60 Å². The van der Waals surface area contributed by atoms with Crippen molar-refractivity contribution in [1.29, 1.82) is 5.26 Å². The zero-order valence-electron chi connectivity index (χ0n) is 8.62. The molecule has 1 atom stereocenters. The highest BCUT2D eigenvalue weighted by Gasteiger charge is 2.29. The summed E-state index contributed by atoms with van der Waals surface area (Å²) in [6.07, 6.45) is 1.84. The Kier molecular flexibility index (Phi) is 4.33. The summed E-state index contributed by atoms with van der Waals surface area (Å²) in [6, 6.07) is 2.24. The van der Waals surface area contributed by atoms with E-state index in [-0.39, 0.29) is 6.04 Å². The molecule has 1 saturated heterocycles. The first-order valence-corrected chi connectivity index (χ1v) is 5.07. The van der Waals surface area contributed by atoms with Gasteiger partial charge in [0, 0.05) is 38.6 Å². The lowest BCUT2D eigenvalue weighted by Gasteiger charge is -2.33. The molecule has 2 N–H and O–H groups in total. The van der Waals surface area contributed by atoms with Crippen LogP contribution in [0.1, 0.15) is 26.2 Å². The van der Waals surface area contributed by atoms with Crippen molar-refractivity contribution in [2.24, 2.45) is 0 Å². The summed E-state index contributed by atoms with van der Waals surface area (Å²) in [7, 11) is 0. The smallest absolute Gasteiger partial charge is 0.0815 e. The average molecular weight is 198 g/mol. The molecule has 0 spiro atoms. The van der Waals surface area contributed by atoms with Gasteiger partial charge in [0.1, 0.15) is 0 Å². The first kappa shape index (κ1) is 11.4. The summed E-state index contributed by atoms with van der Waals surface area (Å²) >= 11 is 0. The monoisotopic (exact) mass is 198 g/mol. The third kappa shape index (κ3) is 3.62. The van der Waals surface area contributed by atoms with E-state index in [1.54, 1.807) is 0 Å². The number of nitriles is 1. The maximum absolute atomic E-state index is 10.1. The molecule has 1 aliphatic rings. The van der Waals surface area contributed by atoms with Gasteiger partial charge in [-0.05, 0) is 6.92 Å². The van der Waals surface area contributed by atoms with E-state index in [4.69, 9.17) is 10.00 Å². The highest BCUT2D eigenvalue weighted by Crippen LogP contribution is 2.19. The van der Waals surface area contributed by atoms with Gasteiger partial charge in [-0.3, -0.25) is 0 Å². The highest BCUT2D eigenvalue weighted by atomic mass is 16.5. The van der Waals surface area contributed by atoms with Crippen molar-refractivity contribution in [3.63, 3.8) is 0 Å². The molecule has 0 aromatic rings.